The van der Waals surface area contributed by atoms with Gasteiger partial charge in [0.2, 0.25) is 0 Å². The maximum absolute atomic E-state index is 12.0. The Morgan fingerprint density at radius 1 is 1.18 bits per heavy atom. The fourth-order valence-electron chi connectivity index (χ4n) is 4.02. The molecule has 2 aromatic heterocycles. The molecule has 0 bridgehead atoms. The first kappa shape index (κ1) is 28.2. The number of esters is 1. The Kier molecular flexibility index (Phi) is 8.52. The molecule has 8 nitrogen and oxygen atoms in total. The van der Waals surface area contributed by atoms with Gasteiger partial charge >= 0.3 is 5.97 Å². The third-order valence-electron chi connectivity index (χ3n) is 6.07. The predicted molar refractivity (Wildman–Crippen MR) is 153 cm³/mol. The Morgan fingerprint density at radius 2 is 1.89 bits per heavy atom. The van der Waals surface area contributed by atoms with Gasteiger partial charge in [-0.05, 0) is 38.1 Å². The van der Waals surface area contributed by atoms with Gasteiger partial charge in [0, 0.05) is 35.7 Å². The van der Waals surface area contributed by atoms with Crippen molar-refractivity contribution < 1.29 is 18.8 Å². The summed E-state index contributed by atoms with van der Waals surface area (Å²) in [6.07, 6.45) is 0. The molecule has 2 N–H and O–H groups in total. The van der Waals surface area contributed by atoms with Gasteiger partial charge in [-0.3, -0.25) is 0 Å². The van der Waals surface area contributed by atoms with Crippen LogP contribution in [0, 0.1) is 0 Å². The Labute approximate surface area is 235 Å². The summed E-state index contributed by atoms with van der Waals surface area (Å²) in [6.45, 7) is 9.37. The number of anilines is 1. The van der Waals surface area contributed by atoms with Crippen molar-refractivity contribution in [2.75, 3.05) is 26.1 Å². The van der Waals surface area contributed by atoms with Crippen LogP contribution in [0.5, 0.6) is 5.75 Å². The van der Waals surface area contributed by atoms with Crippen LogP contribution in [0.15, 0.2) is 34.9 Å². The summed E-state index contributed by atoms with van der Waals surface area (Å²) >= 11 is 14.4. The van der Waals surface area contributed by atoms with Crippen molar-refractivity contribution >= 4 is 55.9 Å². The minimum atomic E-state index is -0.426. The molecule has 0 aliphatic rings. The van der Waals surface area contributed by atoms with Crippen molar-refractivity contribution in [3.05, 3.63) is 57.3 Å². The molecular weight excluding hydrogens is 547 g/mol. The van der Waals surface area contributed by atoms with Crippen molar-refractivity contribution in [3.8, 4) is 17.0 Å². The number of ether oxygens (including phenoxy) is 2. The van der Waals surface area contributed by atoms with E-state index in [9.17, 15) is 4.79 Å². The maximum atomic E-state index is 12.0. The summed E-state index contributed by atoms with van der Waals surface area (Å²) in [4.78, 5) is 16.7. The Bertz CT molecular complexity index is 1440. The van der Waals surface area contributed by atoms with Crippen molar-refractivity contribution in [2.45, 2.75) is 45.7 Å². The van der Waals surface area contributed by atoms with Crippen LogP contribution >= 0.6 is 34.5 Å². The number of benzene rings is 2. The molecule has 0 amide bonds. The summed E-state index contributed by atoms with van der Waals surface area (Å²) in [6, 6.07) is 8.78. The van der Waals surface area contributed by atoms with Gasteiger partial charge in [0.1, 0.15) is 22.7 Å². The van der Waals surface area contributed by atoms with E-state index in [1.807, 2.05) is 0 Å². The molecule has 0 radical (unpaired) electrons. The molecule has 2 aromatic carbocycles. The largest absolute Gasteiger partial charge is 0.494 e. The van der Waals surface area contributed by atoms with E-state index < -0.39 is 5.97 Å². The summed E-state index contributed by atoms with van der Waals surface area (Å²) < 4.78 is 16.9. The second-order valence-electron chi connectivity index (χ2n) is 9.75. The van der Waals surface area contributed by atoms with Crippen LogP contribution in [0.4, 0.5) is 5.13 Å². The van der Waals surface area contributed by atoms with Gasteiger partial charge in [0.15, 0.2) is 5.13 Å². The number of halogens is 2. The number of methoxy groups -OCH3 is 2. The van der Waals surface area contributed by atoms with Gasteiger partial charge in [-0.2, -0.15) is 0 Å². The molecule has 0 fully saturated rings. The van der Waals surface area contributed by atoms with Gasteiger partial charge < -0.3 is 24.6 Å². The monoisotopic (exact) mass is 576 g/mol. The predicted octanol–water partition coefficient (Wildman–Crippen LogP) is 7.16. The molecule has 0 aliphatic carbocycles. The summed E-state index contributed by atoms with van der Waals surface area (Å²) in [5.41, 5.74) is 2.98. The Morgan fingerprint density at radius 3 is 2.53 bits per heavy atom. The molecular formula is C27H30Cl2N4O4S. The quantitative estimate of drug-likeness (QED) is 0.192. The molecule has 0 atom stereocenters. The summed E-state index contributed by atoms with van der Waals surface area (Å²) in [5.74, 6) is 1.00. The zero-order valence-corrected chi connectivity index (χ0v) is 24.4. The van der Waals surface area contributed by atoms with Crippen LogP contribution in [0.25, 0.3) is 21.5 Å². The SMILES string of the molecule is COC(=O)c1cc(OC)c2nc(NCC(C)(C)NCc3c(-c4c(Cl)cccc4Cl)noc3C(C)C)sc2c1. The van der Waals surface area contributed by atoms with E-state index in [0.29, 0.717) is 56.4 Å². The van der Waals surface area contributed by atoms with E-state index in [-0.39, 0.29) is 11.5 Å². The first-order valence-electron chi connectivity index (χ1n) is 12.0. The number of nitrogens with one attached hydrogen (secondary N) is 2. The van der Waals surface area contributed by atoms with Crippen molar-refractivity contribution in [1.82, 2.24) is 15.5 Å². The van der Waals surface area contributed by atoms with Crippen LogP contribution in [0.3, 0.4) is 0 Å². The lowest BCUT2D eigenvalue weighted by Gasteiger charge is -2.27. The number of fused-ring (bicyclic) bond motifs is 1. The molecule has 4 aromatic rings. The fourth-order valence-corrected chi connectivity index (χ4v) is 5.51. The third kappa shape index (κ3) is 5.91. The molecule has 202 valence electrons. The van der Waals surface area contributed by atoms with Gasteiger partial charge in [-0.1, -0.05) is 59.6 Å². The van der Waals surface area contributed by atoms with E-state index in [1.165, 1.54) is 18.4 Å². The lowest BCUT2D eigenvalue weighted by atomic mass is 9.99. The number of rotatable bonds is 10. The third-order valence-corrected chi connectivity index (χ3v) is 7.66. The van der Waals surface area contributed by atoms with Crippen LogP contribution in [0.1, 0.15) is 55.3 Å². The molecule has 0 saturated heterocycles. The zero-order chi connectivity index (χ0) is 27.6. The standard InChI is InChI=1S/C27H30Cl2N4O4S/c1-14(2)24-16(22(33-37-24)21-17(28)8-7-9-18(21)29)12-31-27(3,4)13-30-26-32-23-19(35-5)10-15(25(34)36-6)11-20(23)38-26/h7-11,14,31H,12-13H2,1-6H3,(H,30,32). The topological polar surface area (TPSA) is 98.5 Å². The van der Waals surface area contributed by atoms with Crippen molar-refractivity contribution in [3.63, 3.8) is 0 Å². The normalized spacial score (nSPS) is 11.8. The summed E-state index contributed by atoms with van der Waals surface area (Å²) in [5, 5.41) is 13.1. The van der Waals surface area contributed by atoms with Crippen LogP contribution in [-0.4, -0.2) is 42.4 Å². The zero-order valence-electron chi connectivity index (χ0n) is 22.1. The molecule has 0 unspecified atom stereocenters. The van der Waals surface area contributed by atoms with Crippen LogP contribution in [-0.2, 0) is 11.3 Å². The highest BCUT2D eigenvalue weighted by atomic mass is 35.5. The number of aromatic nitrogens is 2. The first-order chi connectivity index (χ1) is 18.0. The lowest BCUT2D eigenvalue weighted by molar-refractivity contribution is 0.0600. The molecule has 2 heterocycles. The second-order valence-corrected chi connectivity index (χ2v) is 11.6. The van der Waals surface area contributed by atoms with Crippen LogP contribution < -0.4 is 15.4 Å². The van der Waals surface area contributed by atoms with Crippen LogP contribution in [0.2, 0.25) is 10.0 Å². The van der Waals surface area contributed by atoms with Gasteiger partial charge in [0.05, 0.1) is 34.5 Å². The number of carbonyl (C=O) groups is 1. The molecule has 11 heteroatoms. The first-order valence-corrected chi connectivity index (χ1v) is 13.6. The minimum absolute atomic E-state index is 0.128. The molecule has 38 heavy (non-hydrogen) atoms. The smallest absolute Gasteiger partial charge is 0.338 e. The number of carbonyl (C=O) groups excluding carboxylic acids is 1. The number of hydrogen-bond donors (Lipinski definition) is 2. The van der Waals surface area contributed by atoms with E-state index in [2.05, 4.69) is 48.5 Å². The molecule has 0 spiro atoms. The van der Waals surface area contributed by atoms with Crippen molar-refractivity contribution in [2.24, 2.45) is 0 Å². The second kappa shape index (κ2) is 11.5. The number of thiazole rings is 1. The van der Waals surface area contributed by atoms with Gasteiger partial charge in [0.25, 0.3) is 0 Å². The lowest BCUT2D eigenvalue weighted by Crippen LogP contribution is -2.44. The van der Waals surface area contributed by atoms with Gasteiger partial charge in [-0.15, -0.1) is 0 Å². The van der Waals surface area contributed by atoms with E-state index in [4.69, 9.17) is 37.2 Å². The van der Waals surface area contributed by atoms with E-state index in [1.54, 1.807) is 37.4 Å². The average Bonchev–Trinajstić information content (AvgIpc) is 3.49. The number of nitrogens with zero attached hydrogens (tertiary/aromatic N) is 2. The Balaban J connectivity index is 1.53. The highest BCUT2D eigenvalue weighted by Crippen LogP contribution is 2.39. The highest BCUT2D eigenvalue weighted by Gasteiger charge is 2.26. The highest BCUT2D eigenvalue weighted by molar-refractivity contribution is 7.22. The minimum Gasteiger partial charge on any atom is -0.494 e. The molecule has 0 aliphatic heterocycles. The maximum Gasteiger partial charge on any atom is 0.338 e. The number of hydrogen-bond acceptors (Lipinski definition) is 9. The van der Waals surface area contributed by atoms with E-state index >= 15 is 0 Å². The molecule has 4 rings (SSSR count). The Hall–Kier alpha value is -2.85. The molecule has 0 saturated carbocycles. The van der Waals surface area contributed by atoms with Gasteiger partial charge in [-0.25, -0.2) is 9.78 Å². The van der Waals surface area contributed by atoms with Crippen molar-refractivity contribution in [1.29, 1.82) is 0 Å². The summed E-state index contributed by atoms with van der Waals surface area (Å²) in [7, 11) is 2.90. The van der Waals surface area contributed by atoms with E-state index in [0.717, 1.165) is 16.0 Å². The average molecular weight is 578 g/mol. The fraction of sp³-hybridized carbons (Fsp3) is 0.370.